The van der Waals surface area contributed by atoms with Gasteiger partial charge >= 0.3 is 10.7 Å². The van der Waals surface area contributed by atoms with Crippen LogP contribution >= 0.6 is 0 Å². The maximum atomic E-state index is 6.26. The molecular formula is C35H37N2+. The summed E-state index contributed by atoms with van der Waals surface area (Å²) in [7, 11) is 0. The molecule has 3 aromatic carbocycles. The first-order valence-electron chi connectivity index (χ1n) is 13.8. The summed E-state index contributed by atoms with van der Waals surface area (Å²) in [6.07, 6.45) is 17.5. The van der Waals surface area contributed by atoms with Crippen molar-refractivity contribution in [3.05, 3.63) is 141 Å². The second-order valence-corrected chi connectivity index (χ2v) is 11.7. The van der Waals surface area contributed by atoms with Gasteiger partial charge in [-0.15, -0.1) is 0 Å². The molecule has 2 aliphatic carbocycles. The Morgan fingerprint density at radius 3 is 2.05 bits per heavy atom. The number of hydrogen-bond acceptors (Lipinski definition) is 1. The molecule has 1 aliphatic heterocycles. The van der Waals surface area contributed by atoms with Gasteiger partial charge in [-0.3, -0.25) is 0 Å². The van der Waals surface area contributed by atoms with Gasteiger partial charge in [-0.05, 0) is 84.8 Å². The molecule has 0 bridgehead atoms. The minimum absolute atomic E-state index is 0.103. The molecule has 1 saturated carbocycles. The van der Waals surface area contributed by atoms with Crippen LogP contribution in [-0.2, 0) is 18.3 Å². The summed E-state index contributed by atoms with van der Waals surface area (Å²) in [5, 5.41) is 2.31. The lowest BCUT2D eigenvalue weighted by Crippen LogP contribution is -2.32. The van der Waals surface area contributed by atoms with Crippen LogP contribution in [0.1, 0.15) is 67.3 Å². The van der Waals surface area contributed by atoms with Gasteiger partial charge < -0.3 is 5.73 Å². The first kappa shape index (κ1) is 23.9. The van der Waals surface area contributed by atoms with Gasteiger partial charge in [0.25, 0.3) is 0 Å². The summed E-state index contributed by atoms with van der Waals surface area (Å²) < 4.78 is 4.37. The third kappa shape index (κ3) is 5.18. The van der Waals surface area contributed by atoms with Crippen LogP contribution in [0.25, 0.3) is 0 Å². The van der Waals surface area contributed by atoms with E-state index in [1.807, 2.05) is 6.92 Å². The molecule has 0 saturated heterocycles. The zero-order valence-electron chi connectivity index (χ0n) is 22.1. The molecule has 1 heterocycles. The standard InChI is InChI=1S/C35H37N2/c1-25-15-20-35(21-16-25,31-12-7-28(8-13-31)23-29-9-14-32-33(24-29)37-32)30-10-5-27(6-11-30)22-26-4-3-18-34(2,36)19-17-26/h3-14,17-19,24-25H,15-16,20-23,36H2,1-2H3/q+1. The summed E-state index contributed by atoms with van der Waals surface area (Å²) in [5.74, 6) is 0.805. The fourth-order valence-electron chi connectivity index (χ4n) is 6.10. The van der Waals surface area contributed by atoms with E-state index in [1.54, 1.807) is 0 Å². The van der Waals surface area contributed by atoms with Crippen LogP contribution in [-0.4, -0.2) is 5.54 Å². The zero-order valence-corrected chi connectivity index (χ0v) is 22.1. The molecule has 0 amide bonds. The molecule has 0 radical (unpaired) electrons. The highest BCUT2D eigenvalue weighted by molar-refractivity contribution is 5.44. The highest BCUT2D eigenvalue weighted by Gasteiger charge is 2.37. The Hall–Kier alpha value is -3.45. The van der Waals surface area contributed by atoms with Gasteiger partial charge in [-0.1, -0.05) is 96.6 Å². The zero-order chi connectivity index (χ0) is 25.5. The molecule has 3 aliphatic rings. The van der Waals surface area contributed by atoms with E-state index in [-0.39, 0.29) is 11.0 Å². The number of allylic oxidation sites excluding steroid dienone is 4. The highest BCUT2D eigenvalue weighted by atomic mass is 14.7. The third-order valence-electron chi connectivity index (χ3n) is 8.61. The van der Waals surface area contributed by atoms with Crippen LogP contribution in [0.2, 0.25) is 0 Å². The van der Waals surface area contributed by atoms with Crippen LogP contribution in [0, 0.1) is 5.92 Å². The van der Waals surface area contributed by atoms with Crippen molar-refractivity contribution >= 4 is 0 Å². The topological polar surface area (TPSA) is 40.1 Å². The molecule has 186 valence electrons. The van der Waals surface area contributed by atoms with E-state index < -0.39 is 0 Å². The molecule has 2 heteroatoms. The molecule has 2 N–H and O–H groups in total. The number of nitrogens with two attached hydrogens (primary N) is 1. The highest BCUT2D eigenvalue weighted by Crippen LogP contribution is 2.46. The van der Waals surface area contributed by atoms with Crippen molar-refractivity contribution in [2.24, 2.45) is 11.7 Å². The average molecular weight is 486 g/mol. The van der Waals surface area contributed by atoms with Gasteiger partial charge in [0.05, 0.1) is 5.54 Å². The minimum atomic E-state index is -0.375. The van der Waals surface area contributed by atoms with E-state index in [1.165, 1.54) is 59.1 Å². The second-order valence-electron chi connectivity index (χ2n) is 11.7. The first-order valence-corrected chi connectivity index (χ1v) is 13.8. The van der Waals surface area contributed by atoms with Crippen molar-refractivity contribution in [1.82, 2.24) is 4.67 Å². The second kappa shape index (κ2) is 9.45. The van der Waals surface area contributed by atoms with Crippen molar-refractivity contribution < 1.29 is 0 Å². The lowest BCUT2D eigenvalue weighted by atomic mass is 9.63. The Morgan fingerprint density at radius 2 is 1.41 bits per heavy atom. The monoisotopic (exact) mass is 485 g/mol. The van der Waals surface area contributed by atoms with Crippen LogP contribution in [0.3, 0.4) is 0 Å². The average Bonchev–Trinajstić information content (AvgIpc) is 3.70. The molecule has 2 nitrogen and oxygen atoms in total. The Balaban J connectivity index is 1.23. The smallest absolute Gasteiger partial charge is 0.319 e. The molecule has 1 atom stereocenters. The molecule has 37 heavy (non-hydrogen) atoms. The lowest BCUT2D eigenvalue weighted by Gasteiger charge is -2.41. The van der Waals surface area contributed by atoms with Gasteiger partial charge in [0, 0.05) is 17.5 Å². The number of rotatable bonds is 6. The van der Waals surface area contributed by atoms with E-state index in [4.69, 9.17) is 5.73 Å². The summed E-state index contributed by atoms with van der Waals surface area (Å²) in [4.78, 5) is 0. The summed E-state index contributed by atoms with van der Waals surface area (Å²) >= 11 is 0. The number of nitrogens with zero attached hydrogens (tertiary/aromatic N) is 1. The number of benzene rings is 3. The third-order valence-corrected chi connectivity index (χ3v) is 8.61. The van der Waals surface area contributed by atoms with Crippen LogP contribution < -0.4 is 21.1 Å². The largest absolute Gasteiger partial charge is 0.417 e. The van der Waals surface area contributed by atoms with Crippen molar-refractivity contribution in [3.8, 4) is 0 Å². The molecule has 0 aromatic heterocycles. The van der Waals surface area contributed by atoms with E-state index >= 15 is 0 Å². The van der Waals surface area contributed by atoms with E-state index in [9.17, 15) is 0 Å². The van der Waals surface area contributed by atoms with Gasteiger partial charge in [0.2, 0.25) is 0 Å². The maximum absolute atomic E-state index is 6.26. The van der Waals surface area contributed by atoms with Crippen LogP contribution in [0.4, 0.5) is 0 Å². The first-order chi connectivity index (χ1) is 17.9. The predicted molar refractivity (Wildman–Crippen MR) is 153 cm³/mol. The Labute approximate surface area is 220 Å². The fraction of sp³-hybridized carbons (Fsp3) is 0.314. The van der Waals surface area contributed by atoms with Crippen molar-refractivity contribution in [3.63, 3.8) is 0 Å². The van der Waals surface area contributed by atoms with E-state index in [0.29, 0.717) is 0 Å². The Bertz CT molecular complexity index is 1520. The summed E-state index contributed by atoms with van der Waals surface area (Å²) in [6, 6.07) is 25.5. The van der Waals surface area contributed by atoms with Crippen LogP contribution in [0.5, 0.6) is 0 Å². The van der Waals surface area contributed by atoms with Gasteiger partial charge in [0.1, 0.15) is 0 Å². The Kier molecular flexibility index (Phi) is 6.11. The SMILES string of the molecule is CC1CCC(c2ccc(CC3=CC=CC(C)(N)C=C3)cc2)(c2ccc(Cc3ccc4c(c3)=[N+]=4)cc2)CC1. The predicted octanol–water partition coefficient (Wildman–Crippen LogP) is 5.41. The Morgan fingerprint density at radius 1 is 0.784 bits per heavy atom. The van der Waals surface area contributed by atoms with Crippen molar-refractivity contribution in [2.45, 2.75) is 63.3 Å². The summed E-state index contributed by atoms with van der Waals surface area (Å²) in [5.41, 5.74) is 14.3. The lowest BCUT2D eigenvalue weighted by molar-refractivity contribution is 0.280. The van der Waals surface area contributed by atoms with Crippen LogP contribution in [0.15, 0.2) is 103 Å². The molecule has 6 rings (SSSR count). The molecule has 3 aromatic rings. The minimum Gasteiger partial charge on any atom is -0.319 e. The quantitative estimate of drug-likeness (QED) is 0.365. The number of fused-ring (bicyclic) bond motifs is 1. The van der Waals surface area contributed by atoms with Crippen molar-refractivity contribution in [2.75, 3.05) is 0 Å². The molecular weight excluding hydrogens is 448 g/mol. The molecule has 0 spiro atoms. The molecule has 1 unspecified atom stereocenters. The van der Waals surface area contributed by atoms with E-state index in [0.717, 1.165) is 29.5 Å². The normalized spacial score (nSPS) is 25.9. The summed E-state index contributed by atoms with van der Waals surface area (Å²) in [6.45, 7) is 4.44. The van der Waals surface area contributed by atoms with Gasteiger partial charge in [-0.25, -0.2) is 0 Å². The number of hydrogen-bond donors (Lipinski definition) is 1. The van der Waals surface area contributed by atoms with E-state index in [2.05, 4.69) is 109 Å². The van der Waals surface area contributed by atoms with Crippen molar-refractivity contribution in [1.29, 1.82) is 0 Å². The fourth-order valence-corrected chi connectivity index (χ4v) is 6.10. The van der Waals surface area contributed by atoms with Gasteiger partial charge in [0.15, 0.2) is 0 Å². The van der Waals surface area contributed by atoms with Gasteiger partial charge in [-0.2, -0.15) is 0 Å². The maximum Gasteiger partial charge on any atom is 0.417 e. The molecule has 1 fully saturated rings.